The molecule has 1 atom stereocenters. The number of carbonyl (C=O) groups is 1. The van der Waals surface area contributed by atoms with Crippen molar-refractivity contribution in [1.29, 1.82) is 0 Å². The van der Waals surface area contributed by atoms with Crippen molar-refractivity contribution in [2.75, 3.05) is 6.61 Å². The highest BCUT2D eigenvalue weighted by atomic mass is 16.6. The van der Waals surface area contributed by atoms with Crippen molar-refractivity contribution in [3.63, 3.8) is 0 Å². The topological polar surface area (TPSA) is 55.8 Å². The van der Waals surface area contributed by atoms with E-state index >= 15 is 0 Å². The number of hydrogen-bond acceptors (Lipinski definition) is 4. The number of carbonyl (C=O) groups excluding carboxylic acids is 1. The minimum atomic E-state index is -0.696. The van der Waals surface area contributed by atoms with Crippen LogP contribution >= 0.6 is 0 Å². The molecule has 1 aliphatic heterocycles. The predicted molar refractivity (Wildman–Crippen MR) is 70.4 cm³/mol. The summed E-state index contributed by atoms with van der Waals surface area (Å²) in [6.45, 7) is 3.97. The van der Waals surface area contributed by atoms with Gasteiger partial charge in [0.2, 0.25) is 0 Å². The summed E-state index contributed by atoms with van der Waals surface area (Å²) < 4.78 is 10.4. The largest absolute Gasteiger partial charge is 0.481 e. The minimum Gasteiger partial charge on any atom is -0.481 e. The van der Waals surface area contributed by atoms with Gasteiger partial charge in [0.15, 0.2) is 5.60 Å². The molecule has 0 saturated carbocycles. The average Bonchev–Trinajstić information content (AvgIpc) is 2.44. The standard InChI is InChI=1S/C15H18O4/c1-3-18-13(16)9-10-15(11(2)14(17)19-15)12-7-5-4-6-8-12/h4-8,17H,3,9-10H2,1-2H3. The summed E-state index contributed by atoms with van der Waals surface area (Å²) >= 11 is 0. The minimum absolute atomic E-state index is 0.0484. The van der Waals surface area contributed by atoms with E-state index in [0.717, 1.165) is 11.1 Å². The maximum atomic E-state index is 11.5. The zero-order valence-corrected chi connectivity index (χ0v) is 11.2. The fourth-order valence-electron chi connectivity index (χ4n) is 2.32. The summed E-state index contributed by atoms with van der Waals surface area (Å²) in [5.41, 5.74) is 0.996. The summed E-state index contributed by atoms with van der Waals surface area (Å²) in [4.78, 5) is 11.5. The molecule has 1 unspecified atom stereocenters. The maximum absolute atomic E-state index is 11.5. The van der Waals surface area contributed by atoms with Gasteiger partial charge in [0.05, 0.1) is 12.2 Å². The van der Waals surface area contributed by atoms with Gasteiger partial charge in [-0.25, -0.2) is 0 Å². The first-order valence-corrected chi connectivity index (χ1v) is 6.40. The van der Waals surface area contributed by atoms with Crippen LogP contribution in [0.15, 0.2) is 41.9 Å². The molecule has 0 amide bonds. The van der Waals surface area contributed by atoms with Gasteiger partial charge in [0, 0.05) is 18.4 Å². The van der Waals surface area contributed by atoms with Gasteiger partial charge < -0.3 is 14.6 Å². The Hall–Kier alpha value is -1.97. The summed E-state index contributed by atoms with van der Waals surface area (Å²) in [7, 11) is 0. The van der Waals surface area contributed by atoms with Gasteiger partial charge in [0.1, 0.15) is 0 Å². The number of aliphatic hydroxyl groups excluding tert-OH is 1. The van der Waals surface area contributed by atoms with E-state index in [4.69, 9.17) is 9.47 Å². The molecule has 4 heteroatoms. The molecule has 0 saturated heterocycles. The molecule has 1 aromatic carbocycles. The van der Waals surface area contributed by atoms with E-state index in [0.29, 0.717) is 13.0 Å². The molecule has 1 N–H and O–H groups in total. The summed E-state index contributed by atoms with van der Waals surface area (Å²) in [6, 6.07) is 9.60. The lowest BCUT2D eigenvalue weighted by Gasteiger charge is -2.42. The number of hydrogen-bond donors (Lipinski definition) is 1. The van der Waals surface area contributed by atoms with E-state index in [1.165, 1.54) is 0 Å². The van der Waals surface area contributed by atoms with E-state index < -0.39 is 5.60 Å². The third kappa shape index (κ3) is 2.43. The second kappa shape index (κ2) is 5.34. The highest BCUT2D eigenvalue weighted by Crippen LogP contribution is 2.47. The van der Waals surface area contributed by atoms with E-state index in [9.17, 15) is 9.90 Å². The first-order chi connectivity index (χ1) is 9.10. The van der Waals surface area contributed by atoms with Crippen molar-refractivity contribution in [3.05, 3.63) is 47.4 Å². The van der Waals surface area contributed by atoms with Crippen LogP contribution in [-0.2, 0) is 19.9 Å². The normalized spacial score (nSPS) is 21.6. The van der Waals surface area contributed by atoms with Gasteiger partial charge in [-0.05, 0) is 13.8 Å². The number of esters is 1. The predicted octanol–water partition coefficient (Wildman–Crippen LogP) is 3.04. The van der Waals surface area contributed by atoms with Gasteiger partial charge in [-0.2, -0.15) is 0 Å². The Bertz CT molecular complexity index is 492. The molecule has 1 heterocycles. The van der Waals surface area contributed by atoms with Gasteiger partial charge in [-0.15, -0.1) is 0 Å². The monoisotopic (exact) mass is 262 g/mol. The van der Waals surface area contributed by atoms with Crippen LogP contribution in [0.3, 0.4) is 0 Å². The van der Waals surface area contributed by atoms with E-state index in [1.807, 2.05) is 37.3 Å². The van der Waals surface area contributed by atoms with Crippen molar-refractivity contribution in [3.8, 4) is 0 Å². The van der Waals surface area contributed by atoms with E-state index in [1.54, 1.807) is 6.92 Å². The number of ether oxygens (including phenoxy) is 2. The van der Waals surface area contributed by atoms with E-state index in [-0.39, 0.29) is 18.3 Å². The SMILES string of the molecule is CCOC(=O)CCC1(c2ccccc2)OC(O)=C1C. The van der Waals surface area contributed by atoms with Crippen LogP contribution in [-0.4, -0.2) is 17.7 Å². The van der Waals surface area contributed by atoms with Crippen LogP contribution in [0.5, 0.6) is 0 Å². The molecule has 0 fully saturated rings. The molecule has 1 aliphatic rings. The van der Waals surface area contributed by atoms with Crippen LogP contribution < -0.4 is 0 Å². The van der Waals surface area contributed by atoms with Crippen LogP contribution in [0.1, 0.15) is 32.3 Å². The molecule has 102 valence electrons. The van der Waals surface area contributed by atoms with Crippen molar-refractivity contribution in [2.45, 2.75) is 32.3 Å². The Morgan fingerprint density at radius 2 is 2.05 bits per heavy atom. The number of benzene rings is 1. The van der Waals surface area contributed by atoms with Crippen molar-refractivity contribution < 1.29 is 19.4 Å². The van der Waals surface area contributed by atoms with Gasteiger partial charge >= 0.3 is 5.97 Å². The molecule has 2 rings (SSSR count). The molecule has 1 aromatic rings. The summed E-state index contributed by atoms with van der Waals surface area (Å²) in [5.74, 6) is -0.298. The Balaban J connectivity index is 2.17. The molecular weight excluding hydrogens is 244 g/mol. The quantitative estimate of drug-likeness (QED) is 0.829. The molecule has 0 aliphatic carbocycles. The molecule has 4 nitrogen and oxygen atoms in total. The average molecular weight is 262 g/mol. The van der Waals surface area contributed by atoms with Crippen LogP contribution in [0.4, 0.5) is 0 Å². The van der Waals surface area contributed by atoms with Crippen molar-refractivity contribution in [1.82, 2.24) is 0 Å². The third-order valence-corrected chi connectivity index (χ3v) is 3.42. The van der Waals surface area contributed by atoms with E-state index in [2.05, 4.69) is 0 Å². The summed E-state index contributed by atoms with van der Waals surface area (Å²) in [5, 5.41) is 9.52. The smallest absolute Gasteiger partial charge is 0.305 e. The zero-order valence-electron chi connectivity index (χ0n) is 11.2. The molecule has 0 aromatic heterocycles. The first kappa shape index (κ1) is 13.5. The van der Waals surface area contributed by atoms with Gasteiger partial charge in [-0.1, -0.05) is 30.3 Å². The lowest BCUT2D eigenvalue weighted by Crippen LogP contribution is -2.40. The van der Waals surface area contributed by atoms with Crippen LogP contribution in [0.25, 0.3) is 0 Å². The Labute approximate surface area is 112 Å². The highest BCUT2D eigenvalue weighted by Gasteiger charge is 2.47. The Kier molecular flexibility index (Phi) is 3.79. The Morgan fingerprint density at radius 1 is 1.37 bits per heavy atom. The fraction of sp³-hybridized carbons (Fsp3) is 0.400. The molecule has 19 heavy (non-hydrogen) atoms. The van der Waals surface area contributed by atoms with Crippen molar-refractivity contribution in [2.24, 2.45) is 0 Å². The maximum Gasteiger partial charge on any atom is 0.305 e. The second-order valence-corrected chi connectivity index (χ2v) is 4.53. The lowest BCUT2D eigenvalue weighted by molar-refractivity contribution is -0.147. The second-order valence-electron chi connectivity index (χ2n) is 4.53. The highest BCUT2D eigenvalue weighted by molar-refractivity contribution is 5.69. The van der Waals surface area contributed by atoms with Crippen LogP contribution in [0, 0.1) is 0 Å². The first-order valence-electron chi connectivity index (χ1n) is 6.40. The zero-order chi connectivity index (χ0) is 13.9. The number of aliphatic hydroxyl groups is 1. The summed E-state index contributed by atoms with van der Waals surface area (Å²) in [6.07, 6.45) is 0.721. The molecule has 0 bridgehead atoms. The fourth-order valence-corrected chi connectivity index (χ4v) is 2.32. The molecule has 0 spiro atoms. The van der Waals surface area contributed by atoms with Crippen molar-refractivity contribution >= 4 is 5.97 Å². The molecular formula is C15H18O4. The van der Waals surface area contributed by atoms with Crippen LogP contribution in [0.2, 0.25) is 0 Å². The van der Waals surface area contributed by atoms with Gasteiger partial charge in [0.25, 0.3) is 5.95 Å². The Morgan fingerprint density at radius 3 is 2.58 bits per heavy atom. The third-order valence-electron chi connectivity index (χ3n) is 3.42. The van der Waals surface area contributed by atoms with Gasteiger partial charge in [-0.3, -0.25) is 4.79 Å². The number of rotatable bonds is 5. The lowest BCUT2D eigenvalue weighted by atomic mass is 9.80. The molecule has 0 radical (unpaired) electrons.